The summed E-state index contributed by atoms with van der Waals surface area (Å²) in [5.41, 5.74) is 0. The molecule has 0 spiro atoms. The van der Waals surface area contributed by atoms with E-state index in [1.54, 1.807) is 0 Å². The smallest absolute Gasteiger partial charge is 0.414 e. The van der Waals surface area contributed by atoms with E-state index in [1.807, 2.05) is 38.4 Å². The summed E-state index contributed by atoms with van der Waals surface area (Å²) in [5.74, 6) is -2.82. The second-order valence-electron chi connectivity index (χ2n) is 3.72. The van der Waals surface area contributed by atoms with Gasteiger partial charge in [-0.15, -0.1) is 0 Å². The van der Waals surface area contributed by atoms with E-state index in [-0.39, 0.29) is 0 Å². The van der Waals surface area contributed by atoms with Crippen molar-refractivity contribution in [1.82, 2.24) is 4.90 Å². The summed E-state index contributed by atoms with van der Waals surface area (Å²) in [6.07, 6.45) is 0. The number of hydrogen-bond acceptors (Lipinski definition) is 4. The van der Waals surface area contributed by atoms with Crippen molar-refractivity contribution in [2.24, 2.45) is 0 Å². The summed E-state index contributed by atoms with van der Waals surface area (Å²) >= 11 is 5.80. The highest BCUT2D eigenvalue weighted by atomic mass is 35.5. The van der Waals surface area contributed by atoms with E-state index in [2.05, 4.69) is 4.90 Å². The third-order valence-corrected chi connectivity index (χ3v) is 2.02. The second kappa shape index (κ2) is 9.18. The van der Waals surface area contributed by atoms with Crippen molar-refractivity contribution in [3.8, 4) is 5.75 Å². The molecule has 0 amide bonds. The Morgan fingerprint density at radius 2 is 1.84 bits per heavy atom. The SMILES string of the molecule is CN(C)CCOc1cccc(Cl)c1.O=C(O)C(=O)O. The van der Waals surface area contributed by atoms with Crippen LogP contribution in [0, 0.1) is 0 Å². The molecule has 1 aromatic rings. The predicted octanol–water partition coefficient (Wildman–Crippen LogP) is 1.44. The Balaban J connectivity index is 0.000000459. The molecule has 1 aromatic carbocycles. The third-order valence-electron chi connectivity index (χ3n) is 1.79. The van der Waals surface area contributed by atoms with Crippen LogP contribution in [-0.4, -0.2) is 54.3 Å². The van der Waals surface area contributed by atoms with Crippen molar-refractivity contribution in [2.75, 3.05) is 27.2 Å². The maximum Gasteiger partial charge on any atom is 0.414 e. The monoisotopic (exact) mass is 289 g/mol. The molecule has 0 aliphatic carbocycles. The molecule has 0 heterocycles. The van der Waals surface area contributed by atoms with Crippen molar-refractivity contribution in [1.29, 1.82) is 0 Å². The number of carbonyl (C=O) groups is 2. The first-order valence-corrected chi connectivity index (χ1v) is 5.70. The minimum Gasteiger partial charge on any atom is -0.492 e. The van der Waals surface area contributed by atoms with Gasteiger partial charge in [0.25, 0.3) is 0 Å². The van der Waals surface area contributed by atoms with E-state index in [0.29, 0.717) is 11.6 Å². The Morgan fingerprint density at radius 1 is 1.26 bits per heavy atom. The molecule has 2 N–H and O–H groups in total. The lowest BCUT2D eigenvalue weighted by Gasteiger charge is -2.10. The summed E-state index contributed by atoms with van der Waals surface area (Å²) in [5, 5.41) is 15.5. The van der Waals surface area contributed by atoms with Crippen LogP contribution in [0.1, 0.15) is 0 Å². The summed E-state index contributed by atoms with van der Waals surface area (Å²) in [4.78, 5) is 20.3. The molecule has 106 valence electrons. The molecule has 0 unspecified atom stereocenters. The molecule has 0 saturated carbocycles. The van der Waals surface area contributed by atoms with Crippen LogP contribution in [0.5, 0.6) is 5.75 Å². The van der Waals surface area contributed by atoms with Gasteiger partial charge in [0.2, 0.25) is 0 Å². The van der Waals surface area contributed by atoms with Crippen LogP contribution < -0.4 is 4.74 Å². The zero-order valence-electron chi connectivity index (χ0n) is 10.7. The fourth-order valence-electron chi connectivity index (χ4n) is 0.903. The number of nitrogens with zero attached hydrogens (tertiary/aromatic N) is 1. The van der Waals surface area contributed by atoms with Crippen LogP contribution in [0.3, 0.4) is 0 Å². The standard InChI is InChI=1S/C10H14ClNO.C2H2O4/c1-12(2)6-7-13-10-5-3-4-9(11)8-10;3-1(4)2(5)6/h3-5,8H,6-7H2,1-2H3;(H,3,4)(H,5,6). The first-order valence-electron chi connectivity index (χ1n) is 5.32. The van der Waals surface area contributed by atoms with Gasteiger partial charge in [-0.1, -0.05) is 17.7 Å². The van der Waals surface area contributed by atoms with E-state index in [1.165, 1.54) is 0 Å². The Morgan fingerprint density at radius 3 is 2.26 bits per heavy atom. The number of carboxylic acid groups (broad SMARTS) is 2. The molecule has 0 aliphatic rings. The van der Waals surface area contributed by atoms with Crippen LogP contribution in [0.4, 0.5) is 0 Å². The van der Waals surface area contributed by atoms with Gasteiger partial charge in [0.05, 0.1) is 0 Å². The zero-order valence-corrected chi connectivity index (χ0v) is 11.4. The summed E-state index contributed by atoms with van der Waals surface area (Å²) in [7, 11) is 4.03. The van der Waals surface area contributed by atoms with Crippen LogP contribution in [0.15, 0.2) is 24.3 Å². The van der Waals surface area contributed by atoms with Crippen molar-refractivity contribution in [3.63, 3.8) is 0 Å². The van der Waals surface area contributed by atoms with Crippen LogP contribution >= 0.6 is 11.6 Å². The largest absolute Gasteiger partial charge is 0.492 e. The molecule has 1 rings (SSSR count). The first-order chi connectivity index (χ1) is 8.82. The fourth-order valence-corrected chi connectivity index (χ4v) is 1.08. The minimum atomic E-state index is -1.82. The number of ether oxygens (including phenoxy) is 1. The Bertz CT molecular complexity index is 410. The average molecular weight is 290 g/mol. The van der Waals surface area contributed by atoms with E-state index < -0.39 is 11.9 Å². The highest BCUT2D eigenvalue weighted by Crippen LogP contribution is 2.16. The molecule has 19 heavy (non-hydrogen) atoms. The van der Waals surface area contributed by atoms with Gasteiger partial charge in [0.1, 0.15) is 12.4 Å². The van der Waals surface area contributed by atoms with Gasteiger partial charge < -0.3 is 19.8 Å². The quantitative estimate of drug-likeness (QED) is 0.816. The van der Waals surface area contributed by atoms with Gasteiger partial charge in [-0.3, -0.25) is 0 Å². The second-order valence-corrected chi connectivity index (χ2v) is 4.16. The summed E-state index contributed by atoms with van der Waals surface area (Å²) in [6, 6.07) is 7.44. The molecule has 0 aromatic heterocycles. The number of likely N-dealkylation sites (N-methyl/N-ethyl adjacent to an activating group) is 1. The van der Waals surface area contributed by atoms with Crippen molar-refractivity contribution in [3.05, 3.63) is 29.3 Å². The molecular formula is C12H16ClNO5. The third kappa shape index (κ3) is 9.87. The topological polar surface area (TPSA) is 87.1 Å². The number of benzene rings is 1. The van der Waals surface area contributed by atoms with E-state index >= 15 is 0 Å². The number of halogens is 1. The normalized spacial score (nSPS) is 9.47. The Kier molecular flexibility index (Phi) is 8.32. The molecule has 0 atom stereocenters. The van der Waals surface area contributed by atoms with Crippen LogP contribution in [-0.2, 0) is 9.59 Å². The maximum atomic E-state index is 9.10. The van der Waals surface area contributed by atoms with E-state index in [0.717, 1.165) is 12.3 Å². The molecule has 0 fully saturated rings. The first kappa shape index (κ1) is 17.2. The lowest BCUT2D eigenvalue weighted by molar-refractivity contribution is -0.159. The van der Waals surface area contributed by atoms with E-state index in [9.17, 15) is 0 Å². The average Bonchev–Trinajstić information content (AvgIpc) is 2.29. The number of hydrogen-bond donors (Lipinski definition) is 2. The van der Waals surface area contributed by atoms with Gasteiger partial charge in [0, 0.05) is 11.6 Å². The van der Waals surface area contributed by atoms with Gasteiger partial charge in [0.15, 0.2) is 0 Å². The van der Waals surface area contributed by atoms with Crippen molar-refractivity contribution in [2.45, 2.75) is 0 Å². The van der Waals surface area contributed by atoms with E-state index in [4.69, 9.17) is 36.1 Å². The molecule has 0 saturated heterocycles. The Labute approximate surface area is 116 Å². The number of carboxylic acids is 2. The zero-order chi connectivity index (χ0) is 14.8. The van der Waals surface area contributed by atoms with Crippen molar-refractivity contribution >= 4 is 23.5 Å². The lowest BCUT2D eigenvalue weighted by Crippen LogP contribution is -2.19. The fraction of sp³-hybridized carbons (Fsp3) is 0.333. The van der Waals surface area contributed by atoms with Gasteiger partial charge in [-0.05, 0) is 32.3 Å². The molecular weight excluding hydrogens is 274 g/mol. The minimum absolute atomic E-state index is 0.688. The molecule has 6 nitrogen and oxygen atoms in total. The predicted molar refractivity (Wildman–Crippen MR) is 70.8 cm³/mol. The lowest BCUT2D eigenvalue weighted by atomic mass is 10.3. The highest BCUT2D eigenvalue weighted by Gasteiger charge is 2.04. The highest BCUT2D eigenvalue weighted by molar-refractivity contribution is 6.30. The molecule has 0 bridgehead atoms. The van der Waals surface area contributed by atoms with Crippen LogP contribution in [0.2, 0.25) is 5.02 Å². The molecule has 0 radical (unpaired) electrons. The molecule has 0 aliphatic heterocycles. The number of aliphatic carboxylic acids is 2. The van der Waals surface area contributed by atoms with Crippen LogP contribution in [0.25, 0.3) is 0 Å². The van der Waals surface area contributed by atoms with Gasteiger partial charge in [-0.2, -0.15) is 0 Å². The summed E-state index contributed by atoms with van der Waals surface area (Å²) < 4.78 is 5.47. The molecule has 7 heteroatoms. The van der Waals surface area contributed by atoms with Gasteiger partial charge in [-0.25, -0.2) is 9.59 Å². The Hall–Kier alpha value is -1.79. The summed E-state index contributed by atoms with van der Waals surface area (Å²) in [6.45, 7) is 1.60. The van der Waals surface area contributed by atoms with Gasteiger partial charge >= 0.3 is 11.9 Å². The van der Waals surface area contributed by atoms with Crippen molar-refractivity contribution < 1.29 is 24.5 Å². The maximum absolute atomic E-state index is 9.10. The number of rotatable bonds is 4.